The third-order valence-electron chi connectivity index (χ3n) is 8.95. The minimum atomic E-state index is 0.0157. The van der Waals surface area contributed by atoms with E-state index in [1.165, 1.54) is 12.7 Å². The number of fused-ring (bicyclic) bond motifs is 7. The molecule has 0 aromatic carbocycles. The molecule has 0 aromatic heterocycles. The summed E-state index contributed by atoms with van der Waals surface area (Å²) < 4.78 is 0. The van der Waals surface area contributed by atoms with Crippen molar-refractivity contribution in [2.75, 3.05) is 0 Å². The molecule has 3 heteroatoms. The molecule has 3 nitrogen and oxygen atoms in total. The maximum absolute atomic E-state index is 12.0. The van der Waals surface area contributed by atoms with E-state index in [-0.39, 0.29) is 22.5 Å². The van der Waals surface area contributed by atoms with Crippen LogP contribution in [0.25, 0.3) is 0 Å². The summed E-state index contributed by atoms with van der Waals surface area (Å²) >= 11 is 0. The van der Waals surface area contributed by atoms with E-state index in [1.807, 2.05) is 6.08 Å². The van der Waals surface area contributed by atoms with Crippen LogP contribution >= 0.6 is 0 Å². The highest BCUT2D eigenvalue weighted by Crippen LogP contribution is 2.75. The number of carbonyl (C=O) groups is 1. The summed E-state index contributed by atoms with van der Waals surface area (Å²) in [5.41, 5.74) is 2.27. The van der Waals surface area contributed by atoms with Crippen molar-refractivity contribution in [2.24, 2.45) is 46.3 Å². The topological polar surface area (TPSA) is 61.1 Å². The largest absolute Gasteiger partial charge is 0.515 e. The van der Waals surface area contributed by atoms with Gasteiger partial charge in [-0.2, -0.15) is 5.26 Å². The molecule has 0 aliphatic heterocycles. The van der Waals surface area contributed by atoms with Crippen molar-refractivity contribution in [3.8, 4) is 6.07 Å². The lowest BCUT2D eigenvalue weighted by atomic mass is 9.45. The van der Waals surface area contributed by atoms with Crippen molar-refractivity contribution in [2.45, 2.75) is 52.4 Å². The lowest BCUT2D eigenvalue weighted by molar-refractivity contribution is -0.117. The standard InChI is InChI=1S/C22H27NO2/c1-21-5-3-13(25)8-18(21)12(11-24)7-16-17(21)4-6-22(2)19(10-23)14-9-15(14)20(16)22/h8,11,14-17,19-20,24H,3-7,9H2,1-2H3/t14-,15+,16-,17+,19+,20+,21-,22-/m1/s1. The molecule has 4 saturated carbocycles. The lowest BCUT2D eigenvalue weighted by Crippen LogP contribution is -2.52. The van der Waals surface area contributed by atoms with Crippen LogP contribution in [0.4, 0.5) is 0 Å². The van der Waals surface area contributed by atoms with Crippen LogP contribution in [0.5, 0.6) is 0 Å². The van der Waals surface area contributed by atoms with Gasteiger partial charge in [-0.15, -0.1) is 0 Å². The molecule has 4 fully saturated rings. The molecule has 0 bridgehead atoms. The van der Waals surface area contributed by atoms with Crippen molar-refractivity contribution >= 4 is 5.78 Å². The van der Waals surface area contributed by atoms with Crippen LogP contribution < -0.4 is 0 Å². The van der Waals surface area contributed by atoms with E-state index in [0.717, 1.165) is 42.7 Å². The van der Waals surface area contributed by atoms with E-state index in [0.29, 0.717) is 30.1 Å². The number of hydrogen-bond acceptors (Lipinski definition) is 3. The van der Waals surface area contributed by atoms with Crippen LogP contribution in [0, 0.1) is 57.7 Å². The molecule has 5 aliphatic rings. The monoisotopic (exact) mass is 337 g/mol. The smallest absolute Gasteiger partial charge is 0.156 e. The number of hydrogen-bond donors (Lipinski definition) is 1. The summed E-state index contributed by atoms with van der Waals surface area (Å²) in [6.45, 7) is 4.70. The number of carbonyl (C=O) groups excluding carboxylic acids is 1. The van der Waals surface area contributed by atoms with Gasteiger partial charge < -0.3 is 5.11 Å². The quantitative estimate of drug-likeness (QED) is 0.659. The summed E-state index contributed by atoms with van der Waals surface area (Å²) in [4.78, 5) is 12.0. The average molecular weight is 337 g/mol. The van der Waals surface area contributed by atoms with Crippen LogP contribution in [0.1, 0.15) is 52.4 Å². The minimum Gasteiger partial charge on any atom is -0.515 e. The molecule has 132 valence electrons. The maximum Gasteiger partial charge on any atom is 0.156 e. The highest BCUT2D eigenvalue weighted by molar-refractivity contribution is 5.92. The third kappa shape index (κ3) is 1.79. The van der Waals surface area contributed by atoms with Crippen LogP contribution in [0.2, 0.25) is 0 Å². The van der Waals surface area contributed by atoms with Crippen LogP contribution in [0.3, 0.4) is 0 Å². The van der Waals surface area contributed by atoms with E-state index in [1.54, 1.807) is 0 Å². The fraction of sp³-hybridized carbons (Fsp3) is 0.727. The van der Waals surface area contributed by atoms with Gasteiger partial charge in [0.2, 0.25) is 0 Å². The van der Waals surface area contributed by atoms with Gasteiger partial charge in [-0.1, -0.05) is 13.8 Å². The van der Waals surface area contributed by atoms with Gasteiger partial charge in [-0.25, -0.2) is 0 Å². The van der Waals surface area contributed by atoms with Crippen molar-refractivity contribution in [1.82, 2.24) is 0 Å². The molecule has 0 amide bonds. The van der Waals surface area contributed by atoms with E-state index >= 15 is 0 Å². The van der Waals surface area contributed by atoms with Crippen molar-refractivity contribution in [3.63, 3.8) is 0 Å². The zero-order valence-corrected chi connectivity index (χ0v) is 15.2. The fourth-order valence-corrected chi connectivity index (χ4v) is 7.83. The number of allylic oxidation sites excluding steroid dienone is 2. The molecule has 5 aliphatic carbocycles. The molecule has 0 radical (unpaired) electrons. The van der Waals surface area contributed by atoms with Crippen LogP contribution in [0.15, 0.2) is 23.5 Å². The molecule has 0 unspecified atom stereocenters. The van der Waals surface area contributed by atoms with Crippen LogP contribution in [-0.4, -0.2) is 10.9 Å². The highest BCUT2D eigenvalue weighted by atomic mass is 16.2. The molecule has 5 rings (SSSR count). The fourth-order valence-electron chi connectivity index (χ4n) is 7.83. The normalized spacial score (nSPS) is 54.7. The molecule has 0 saturated heterocycles. The third-order valence-corrected chi connectivity index (χ3v) is 8.95. The van der Waals surface area contributed by atoms with E-state index < -0.39 is 0 Å². The van der Waals surface area contributed by atoms with Crippen LogP contribution in [-0.2, 0) is 4.79 Å². The average Bonchev–Trinajstić information content (AvgIpc) is 3.30. The number of nitrogens with zero attached hydrogens (tertiary/aromatic N) is 1. The Morgan fingerprint density at radius 2 is 2.08 bits per heavy atom. The Morgan fingerprint density at radius 1 is 1.28 bits per heavy atom. The number of aliphatic hydroxyl groups is 1. The lowest BCUT2D eigenvalue weighted by Gasteiger charge is -2.58. The summed E-state index contributed by atoms with van der Waals surface area (Å²) in [5.74, 6) is 3.54. The van der Waals surface area contributed by atoms with E-state index in [4.69, 9.17) is 0 Å². The van der Waals surface area contributed by atoms with Crippen molar-refractivity contribution in [1.29, 1.82) is 5.26 Å². The molecule has 0 spiro atoms. The predicted molar refractivity (Wildman–Crippen MR) is 94.3 cm³/mol. The Labute approximate surface area is 149 Å². The number of aliphatic hydroxyl groups excluding tert-OH is 1. The SMILES string of the molecule is C[C@]12CC[C@H]3[C@@H](CC(=CO)C4=CC(=O)CC[C@@]43C)[C@@H]1[C@H]1C[C@H]1[C@@H]2C#N. The molecule has 8 atom stereocenters. The summed E-state index contributed by atoms with van der Waals surface area (Å²) in [5, 5.41) is 19.7. The second kappa shape index (κ2) is 4.78. The second-order valence-corrected chi connectivity index (χ2v) is 9.81. The van der Waals surface area contributed by atoms with Gasteiger partial charge in [0.15, 0.2) is 5.78 Å². The summed E-state index contributed by atoms with van der Waals surface area (Å²) in [7, 11) is 0. The minimum absolute atomic E-state index is 0.0157. The van der Waals surface area contributed by atoms with Gasteiger partial charge >= 0.3 is 0 Å². The molecular weight excluding hydrogens is 310 g/mol. The summed E-state index contributed by atoms with van der Waals surface area (Å²) in [6.07, 6.45) is 9.07. The van der Waals surface area contributed by atoms with Gasteiger partial charge in [0.25, 0.3) is 0 Å². The van der Waals surface area contributed by atoms with Gasteiger partial charge in [0.05, 0.1) is 18.2 Å². The molecule has 0 heterocycles. The Kier molecular flexibility index (Phi) is 3.00. The number of nitriles is 1. The Morgan fingerprint density at radius 3 is 2.80 bits per heavy atom. The van der Waals surface area contributed by atoms with E-state index in [9.17, 15) is 15.2 Å². The zero-order valence-electron chi connectivity index (χ0n) is 15.2. The Bertz CT molecular complexity index is 758. The highest BCUT2D eigenvalue weighted by Gasteiger charge is 2.70. The van der Waals surface area contributed by atoms with Gasteiger partial charge in [-0.05, 0) is 89.7 Å². The first-order valence-electron chi connectivity index (χ1n) is 9.92. The predicted octanol–water partition coefficient (Wildman–Crippen LogP) is 4.57. The summed E-state index contributed by atoms with van der Waals surface area (Å²) in [6, 6.07) is 2.67. The maximum atomic E-state index is 12.0. The molecule has 25 heavy (non-hydrogen) atoms. The number of rotatable bonds is 0. The zero-order chi connectivity index (χ0) is 17.6. The van der Waals surface area contributed by atoms with Gasteiger partial charge in [0.1, 0.15) is 0 Å². The first kappa shape index (κ1) is 15.7. The first-order chi connectivity index (χ1) is 11.9. The first-order valence-corrected chi connectivity index (χ1v) is 9.92. The molecular formula is C22H27NO2. The van der Waals surface area contributed by atoms with Gasteiger partial charge in [0, 0.05) is 6.42 Å². The van der Waals surface area contributed by atoms with E-state index in [2.05, 4.69) is 19.9 Å². The Hall–Kier alpha value is -1.56. The van der Waals surface area contributed by atoms with Crippen molar-refractivity contribution in [3.05, 3.63) is 23.5 Å². The van der Waals surface area contributed by atoms with Crippen molar-refractivity contribution < 1.29 is 9.90 Å². The molecule has 1 N–H and O–H groups in total. The van der Waals surface area contributed by atoms with Gasteiger partial charge in [-0.3, -0.25) is 4.79 Å². The Balaban J connectivity index is 1.60. The second-order valence-electron chi connectivity index (χ2n) is 9.81. The number of ketones is 1. The molecule has 0 aromatic rings.